The third-order valence-electron chi connectivity index (χ3n) is 12.7. The van der Waals surface area contributed by atoms with E-state index in [1.807, 2.05) is 0 Å². The molecule has 342 valence electrons. The maximum atomic E-state index is 12.5. The minimum absolute atomic E-state index is 0.308. The van der Waals surface area contributed by atoms with Gasteiger partial charge in [-0.2, -0.15) is 0 Å². The number of hydrogen-bond donors (Lipinski definition) is 4. The van der Waals surface area contributed by atoms with Crippen LogP contribution in [0.15, 0.2) is 0 Å². The van der Waals surface area contributed by atoms with E-state index in [0.29, 0.717) is 12.8 Å². The highest BCUT2D eigenvalue weighted by Crippen LogP contribution is 2.18. The van der Waals surface area contributed by atoms with Crippen molar-refractivity contribution in [3.63, 3.8) is 0 Å². The van der Waals surface area contributed by atoms with E-state index in [0.717, 1.165) is 32.1 Å². The summed E-state index contributed by atoms with van der Waals surface area (Å²) in [5.41, 5.74) is 0. The third-order valence-corrected chi connectivity index (χ3v) is 12.7. The molecule has 0 aliphatic heterocycles. The van der Waals surface area contributed by atoms with Crippen LogP contribution in [0.1, 0.15) is 303 Å². The summed E-state index contributed by atoms with van der Waals surface area (Å²) in [6, 6.07) is -0.706. The SMILES string of the molecule is CCCCCCCCCCCCCCCCCCCCCCCCCCCCCCC(O)C(=O)NC(CO)C(O)CCCCCCCCCCCCCCCCC. The normalized spacial score (nSPS) is 13.3. The zero-order valence-electron chi connectivity index (χ0n) is 39.0. The Morgan fingerprint density at radius 3 is 0.789 bits per heavy atom. The van der Waals surface area contributed by atoms with Crippen LogP contribution in [-0.4, -0.2) is 46.1 Å². The van der Waals surface area contributed by atoms with E-state index in [4.69, 9.17) is 0 Å². The van der Waals surface area contributed by atoms with Crippen molar-refractivity contribution in [1.82, 2.24) is 5.32 Å². The first-order valence-corrected chi connectivity index (χ1v) is 26.3. The van der Waals surface area contributed by atoms with Crippen LogP contribution in [0.3, 0.4) is 0 Å². The van der Waals surface area contributed by atoms with Gasteiger partial charge in [-0.25, -0.2) is 0 Å². The molecule has 0 aromatic carbocycles. The summed E-state index contributed by atoms with van der Waals surface area (Å²) in [5.74, 6) is -0.463. The lowest BCUT2D eigenvalue weighted by molar-refractivity contribution is -0.131. The summed E-state index contributed by atoms with van der Waals surface area (Å²) in [5, 5.41) is 33.4. The van der Waals surface area contributed by atoms with Crippen LogP contribution < -0.4 is 5.32 Å². The van der Waals surface area contributed by atoms with Gasteiger partial charge in [-0.15, -0.1) is 0 Å². The monoisotopic (exact) mass is 808 g/mol. The minimum Gasteiger partial charge on any atom is -0.394 e. The largest absolute Gasteiger partial charge is 0.394 e. The Bertz CT molecular complexity index is 762. The van der Waals surface area contributed by atoms with Gasteiger partial charge in [-0.1, -0.05) is 290 Å². The Labute approximate surface area is 357 Å². The van der Waals surface area contributed by atoms with Crippen LogP contribution >= 0.6 is 0 Å². The van der Waals surface area contributed by atoms with Gasteiger partial charge < -0.3 is 20.6 Å². The smallest absolute Gasteiger partial charge is 0.249 e. The quantitative estimate of drug-likeness (QED) is 0.0461. The first kappa shape index (κ1) is 56.4. The van der Waals surface area contributed by atoms with E-state index in [1.165, 1.54) is 244 Å². The van der Waals surface area contributed by atoms with E-state index >= 15 is 0 Å². The zero-order valence-corrected chi connectivity index (χ0v) is 39.0. The molecular formula is C52H105NO4. The van der Waals surface area contributed by atoms with E-state index < -0.39 is 24.2 Å². The lowest BCUT2D eigenvalue weighted by Crippen LogP contribution is -2.49. The Balaban J connectivity index is 3.47. The summed E-state index contributed by atoms with van der Waals surface area (Å²) < 4.78 is 0. The fraction of sp³-hybridized carbons (Fsp3) is 0.981. The lowest BCUT2D eigenvalue weighted by atomic mass is 10.0. The van der Waals surface area contributed by atoms with Crippen molar-refractivity contribution in [3.05, 3.63) is 0 Å². The van der Waals surface area contributed by atoms with Crippen molar-refractivity contribution in [3.8, 4) is 0 Å². The molecule has 0 aliphatic carbocycles. The predicted octanol–water partition coefficient (Wildman–Crippen LogP) is 15.8. The molecular weight excluding hydrogens is 703 g/mol. The molecule has 0 radical (unpaired) electrons. The van der Waals surface area contributed by atoms with Crippen molar-refractivity contribution >= 4 is 5.91 Å². The molecule has 0 spiro atoms. The second kappa shape index (κ2) is 48.0. The van der Waals surface area contributed by atoms with Crippen LogP contribution in [0, 0.1) is 0 Å². The van der Waals surface area contributed by atoms with Crippen LogP contribution in [0.25, 0.3) is 0 Å². The molecule has 5 heteroatoms. The molecule has 5 nitrogen and oxygen atoms in total. The number of nitrogens with one attached hydrogen (secondary N) is 1. The summed E-state index contributed by atoms with van der Waals surface area (Å²) in [6.45, 7) is 4.26. The highest BCUT2D eigenvalue weighted by atomic mass is 16.3. The van der Waals surface area contributed by atoms with Gasteiger partial charge in [0.25, 0.3) is 0 Å². The number of aliphatic hydroxyl groups is 3. The first-order valence-electron chi connectivity index (χ1n) is 26.3. The van der Waals surface area contributed by atoms with Crippen LogP contribution in [-0.2, 0) is 4.79 Å². The van der Waals surface area contributed by atoms with Crippen molar-refractivity contribution in [1.29, 1.82) is 0 Å². The molecule has 0 fully saturated rings. The van der Waals surface area contributed by atoms with E-state index in [-0.39, 0.29) is 6.61 Å². The Morgan fingerprint density at radius 1 is 0.351 bits per heavy atom. The predicted molar refractivity (Wildman–Crippen MR) is 250 cm³/mol. The number of hydrogen-bond acceptors (Lipinski definition) is 4. The van der Waals surface area contributed by atoms with Crippen LogP contribution in [0.2, 0.25) is 0 Å². The number of carbonyl (C=O) groups excluding carboxylic acids is 1. The van der Waals surface area contributed by atoms with Gasteiger partial charge in [0, 0.05) is 0 Å². The van der Waals surface area contributed by atoms with Gasteiger partial charge in [0.2, 0.25) is 5.91 Å². The summed E-state index contributed by atoms with van der Waals surface area (Å²) in [7, 11) is 0. The number of rotatable bonds is 49. The highest BCUT2D eigenvalue weighted by Gasteiger charge is 2.23. The number of unbranched alkanes of at least 4 members (excludes halogenated alkanes) is 41. The topological polar surface area (TPSA) is 89.8 Å². The Hall–Kier alpha value is -0.650. The molecule has 0 aromatic rings. The number of aliphatic hydroxyl groups excluding tert-OH is 3. The molecule has 0 bridgehead atoms. The van der Waals surface area contributed by atoms with Crippen molar-refractivity contribution in [2.24, 2.45) is 0 Å². The molecule has 3 unspecified atom stereocenters. The van der Waals surface area contributed by atoms with Gasteiger partial charge in [-0.05, 0) is 12.8 Å². The molecule has 0 saturated heterocycles. The van der Waals surface area contributed by atoms with E-state index in [1.54, 1.807) is 0 Å². The molecule has 0 aromatic heterocycles. The van der Waals surface area contributed by atoms with Gasteiger partial charge in [0.1, 0.15) is 6.10 Å². The third kappa shape index (κ3) is 43.3. The average molecular weight is 808 g/mol. The maximum absolute atomic E-state index is 12.5. The van der Waals surface area contributed by atoms with Gasteiger partial charge in [0.05, 0.1) is 18.8 Å². The Kier molecular flexibility index (Phi) is 47.5. The molecule has 4 N–H and O–H groups in total. The lowest BCUT2D eigenvalue weighted by Gasteiger charge is -2.23. The fourth-order valence-corrected chi connectivity index (χ4v) is 8.61. The summed E-state index contributed by atoms with van der Waals surface area (Å²) in [6.07, 6.45) is 57.1. The standard InChI is InChI=1S/C52H105NO4/c1-3-5-7-9-11-13-15-17-19-20-21-22-23-24-25-26-27-28-29-30-31-33-35-37-39-41-43-45-47-51(56)52(57)53-49(48-54)50(55)46-44-42-40-38-36-34-32-18-16-14-12-10-8-6-4-2/h49-51,54-56H,3-48H2,1-2H3,(H,53,57). The molecule has 0 rings (SSSR count). The maximum Gasteiger partial charge on any atom is 0.249 e. The van der Waals surface area contributed by atoms with E-state index in [2.05, 4.69) is 19.2 Å². The first-order chi connectivity index (χ1) is 28.1. The molecule has 3 atom stereocenters. The highest BCUT2D eigenvalue weighted by molar-refractivity contribution is 5.80. The minimum atomic E-state index is -1.07. The average Bonchev–Trinajstić information content (AvgIpc) is 3.22. The molecule has 0 aliphatic rings. The summed E-state index contributed by atoms with van der Waals surface area (Å²) >= 11 is 0. The second-order valence-electron chi connectivity index (χ2n) is 18.5. The Morgan fingerprint density at radius 2 is 0.561 bits per heavy atom. The zero-order chi connectivity index (χ0) is 41.5. The molecule has 0 heterocycles. The van der Waals surface area contributed by atoms with E-state index in [9.17, 15) is 20.1 Å². The molecule has 0 saturated carbocycles. The van der Waals surface area contributed by atoms with Crippen molar-refractivity contribution in [2.45, 2.75) is 321 Å². The van der Waals surface area contributed by atoms with Gasteiger partial charge in [-0.3, -0.25) is 4.79 Å². The molecule has 57 heavy (non-hydrogen) atoms. The fourth-order valence-electron chi connectivity index (χ4n) is 8.61. The van der Waals surface area contributed by atoms with Crippen molar-refractivity contribution in [2.75, 3.05) is 6.61 Å². The number of carbonyl (C=O) groups is 1. The van der Waals surface area contributed by atoms with Gasteiger partial charge >= 0.3 is 0 Å². The second-order valence-corrected chi connectivity index (χ2v) is 18.5. The molecule has 1 amide bonds. The van der Waals surface area contributed by atoms with Crippen LogP contribution in [0.5, 0.6) is 0 Å². The van der Waals surface area contributed by atoms with Crippen molar-refractivity contribution < 1.29 is 20.1 Å². The van der Waals surface area contributed by atoms with Gasteiger partial charge in [0.15, 0.2) is 0 Å². The summed E-state index contributed by atoms with van der Waals surface area (Å²) in [4.78, 5) is 12.5. The van der Waals surface area contributed by atoms with Crippen LogP contribution in [0.4, 0.5) is 0 Å². The number of amides is 1.